The second-order valence-electron chi connectivity index (χ2n) is 20.2. The number of hydrogen-bond donors (Lipinski definition) is 2. The minimum Gasteiger partial charge on any atom is -0.462 e. The maximum atomic E-state index is 14.9. The maximum absolute atomic E-state index is 14.9. The summed E-state index contributed by atoms with van der Waals surface area (Å²) in [5.74, 6) is -15.6. The van der Waals surface area contributed by atoms with Crippen LogP contribution in [0.1, 0.15) is 165 Å². The normalized spacial score (nSPS) is 19.5. The van der Waals surface area contributed by atoms with E-state index in [2.05, 4.69) is 14.2 Å². The fourth-order valence-corrected chi connectivity index (χ4v) is 5.33. The molecule has 28 heteroatoms. The van der Waals surface area contributed by atoms with Crippen LogP contribution in [0.3, 0.4) is 0 Å². The fourth-order valence-electron chi connectivity index (χ4n) is 5.33. The molecule has 0 bridgehead atoms. The zero-order valence-corrected chi connectivity index (χ0v) is 42.0. The molecule has 0 aliphatic carbocycles. The van der Waals surface area contributed by atoms with Gasteiger partial charge in [-0.1, -0.05) is 70.7 Å². The van der Waals surface area contributed by atoms with E-state index >= 15 is 0 Å². The van der Waals surface area contributed by atoms with Gasteiger partial charge in [-0.2, -0.15) is 74.6 Å². The van der Waals surface area contributed by atoms with Gasteiger partial charge in [0, 0.05) is 6.42 Å². The number of esters is 4. The van der Waals surface area contributed by atoms with Crippen LogP contribution in [0.25, 0.3) is 0 Å². The molecule has 3 unspecified atom stereocenters. The number of aliphatic hydroxyl groups is 2. The molecule has 74 heavy (non-hydrogen) atoms. The molecule has 1 aliphatic heterocycles. The average Bonchev–Trinajstić information content (AvgIpc) is 3.36. The molecule has 1 aliphatic rings. The van der Waals surface area contributed by atoms with Crippen molar-refractivity contribution in [2.45, 2.75) is 236 Å². The summed E-state index contributed by atoms with van der Waals surface area (Å²) >= 11 is 0. The van der Waals surface area contributed by atoms with E-state index in [1.807, 2.05) is 0 Å². The third-order valence-corrected chi connectivity index (χ3v) is 11.9. The molecular formula is C46H77F17O11. The first-order chi connectivity index (χ1) is 30.9. The molecule has 11 nitrogen and oxygen atoms in total. The Morgan fingerprint density at radius 1 is 0.581 bits per heavy atom. The van der Waals surface area contributed by atoms with E-state index < -0.39 is 130 Å². The molecule has 3 atom stereocenters. The van der Waals surface area contributed by atoms with Gasteiger partial charge in [-0.05, 0) is 93.9 Å². The van der Waals surface area contributed by atoms with Crippen molar-refractivity contribution < 1.29 is 128 Å². The third kappa shape index (κ3) is 17.3. The van der Waals surface area contributed by atoms with E-state index in [9.17, 15) is 104 Å². The number of rotatable bonds is 16. The van der Waals surface area contributed by atoms with Gasteiger partial charge in [-0.3, -0.25) is 19.2 Å². The Hall–Kier alpha value is -3.43. The second-order valence-corrected chi connectivity index (χ2v) is 20.2. The quantitative estimate of drug-likeness (QED) is 0.0862. The molecule has 0 amide bonds. The Morgan fingerprint density at radius 2 is 0.932 bits per heavy atom. The van der Waals surface area contributed by atoms with Crippen LogP contribution in [-0.2, 0) is 42.9 Å². The van der Waals surface area contributed by atoms with Crippen LogP contribution >= 0.6 is 0 Å². The highest BCUT2D eigenvalue weighted by molar-refractivity contribution is 5.77. The molecule has 1 rings (SSSR count). The summed E-state index contributed by atoms with van der Waals surface area (Å²) in [7, 11) is 0. The molecule has 0 saturated carbocycles. The summed E-state index contributed by atoms with van der Waals surface area (Å²) < 4.78 is 246. The summed E-state index contributed by atoms with van der Waals surface area (Å²) in [4.78, 5) is 47.5. The van der Waals surface area contributed by atoms with E-state index in [0.29, 0.717) is 27.2 Å². The first kappa shape index (κ1) is 79.4. The molecule has 1 saturated heterocycles. The zero-order valence-electron chi connectivity index (χ0n) is 42.0. The van der Waals surface area contributed by atoms with Crippen molar-refractivity contribution in [1.29, 1.82) is 0 Å². The fraction of sp³-hybridized carbons (Fsp3) is 0.913. The van der Waals surface area contributed by atoms with Crippen LogP contribution in [0.2, 0.25) is 0 Å². The van der Waals surface area contributed by atoms with Gasteiger partial charge in [-0.15, -0.1) is 0 Å². The highest BCUT2D eigenvalue weighted by atomic mass is 19.4. The lowest BCUT2D eigenvalue weighted by molar-refractivity contribution is -0.410. The van der Waals surface area contributed by atoms with Gasteiger partial charge < -0.3 is 33.9 Å². The highest BCUT2D eigenvalue weighted by Gasteiger charge is 2.86. The Balaban J connectivity index is -0.000000317. The van der Waals surface area contributed by atoms with Gasteiger partial charge in [-0.25, -0.2) is 0 Å². The standard InChI is InChI=1S/C16H23F5O5.C15H24F6O3.C12H18F6O3.3CH4/c1-7-12(4,5)11(23)26-13(6)8-24-15(14(13,17)18,16(19,20)21)25-10(22)9(2)3;1-6-12(4,5)11(22)24-10(7-9(2)3)8-13(23,14(16,17)18)15(19,20)21;1-6-8(2,3)7(19)21-9(4,5)10(20,11(13,14)15)12(16,17)18;;;/h9H,7-8H2,1-6H3;9-10,23H,6-8H2,1-5H3;20H,6H2,1-5H3;3*1H4. The summed E-state index contributed by atoms with van der Waals surface area (Å²) in [5.41, 5.74) is -19.9. The summed E-state index contributed by atoms with van der Waals surface area (Å²) in [6, 6.07) is 0. The minimum atomic E-state index is -6.06. The zero-order chi connectivity index (χ0) is 57.8. The topological polar surface area (TPSA) is 155 Å². The van der Waals surface area contributed by atoms with E-state index in [4.69, 9.17) is 9.47 Å². The van der Waals surface area contributed by atoms with Gasteiger partial charge in [0.15, 0.2) is 5.60 Å². The first-order valence-electron chi connectivity index (χ1n) is 21.6. The minimum absolute atomic E-state index is 0. The summed E-state index contributed by atoms with van der Waals surface area (Å²) in [6.07, 6.45) is -32.9. The van der Waals surface area contributed by atoms with E-state index in [1.165, 1.54) is 62.3 Å². The van der Waals surface area contributed by atoms with E-state index in [0.717, 1.165) is 0 Å². The molecule has 1 fully saturated rings. The number of halogens is 17. The molecule has 0 aromatic carbocycles. The molecule has 446 valence electrons. The Kier molecular flexibility index (Phi) is 27.7. The number of carbonyl (C=O) groups excluding carboxylic acids is 4. The van der Waals surface area contributed by atoms with Crippen LogP contribution < -0.4 is 0 Å². The monoisotopic (exact) mass is 1130 g/mol. The van der Waals surface area contributed by atoms with E-state index in [-0.39, 0.29) is 47.5 Å². The maximum Gasteiger partial charge on any atom is 0.462 e. The Labute approximate surface area is 422 Å². The third-order valence-electron chi connectivity index (χ3n) is 11.9. The average molecular weight is 1130 g/mol. The summed E-state index contributed by atoms with van der Waals surface area (Å²) in [6.45, 7) is 18.7. The predicted octanol–water partition coefficient (Wildman–Crippen LogP) is 14.0. The molecule has 0 aromatic rings. The lowest BCUT2D eigenvalue weighted by Crippen LogP contribution is -2.70. The van der Waals surface area contributed by atoms with Crippen molar-refractivity contribution in [2.24, 2.45) is 28.1 Å². The van der Waals surface area contributed by atoms with Crippen LogP contribution in [-0.4, -0.2) is 112 Å². The Bertz CT molecular complexity index is 1770. The molecule has 0 aromatic heterocycles. The van der Waals surface area contributed by atoms with Crippen molar-refractivity contribution in [3.63, 3.8) is 0 Å². The lowest BCUT2D eigenvalue weighted by atomic mass is 9.83. The van der Waals surface area contributed by atoms with E-state index in [1.54, 1.807) is 27.7 Å². The van der Waals surface area contributed by atoms with Gasteiger partial charge >= 0.3 is 66.5 Å². The summed E-state index contributed by atoms with van der Waals surface area (Å²) in [5, 5.41) is 18.6. The second kappa shape index (κ2) is 25.8. The van der Waals surface area contributed by atoms with Crippen LogP contribution in [0, 0.1) is 28.1 Å². The van der Waals surface area contributed by atoms with Crippen molar-refractivity contribution in [2.75, 3.05) is 6.61 Å². The van der Waals surface area contributed by atoms with Crippen LogP contribution in [0.4, 0.5) is 74.6 Å². The highest BCUT2D eigenvalue weighted by Crippen LogP contribution is 2.57. The first-order valence-corrected chi connectivity index (χ1v) is 21.6. The largest absolute Gasteiger partial charge is 0.462 e. The van der Waals surface area contributed by atoms with Crippen molar-refractivity contribution in [1.82, 2.24) is 0 Å². The van der Waals surface area contributed by atoms with Crippen LogP contribution in [0.5, 0.6) is 0 Å². The van der Waals surface area contributed by atoms with Gasteiger partial charge in [0.25, 0.3) is 11.2 Å². The van der Waals surface area contributed by atoms with Gasteiger partial charge in [0.05, 0.1) is 28.8 Å². The Morgan fingerprint density at radius 3 is 1.23 bits per heavy atom. The lowest BCUT2D eigenvalue weighted by Gasteiger charge is -2.44. The number of carbonyl (C=O) groups is 4. The molecule has 2 N–H and O–H groups in total. The predicted molar refractivity (Wildman–Crippen MR) is 236 cm³/mol. The number of alkyl halides is 17. The number of hydrogen-bond acceptors (Lipinski definition) is 11. The van der Waals surface area contributed by atoms with Gasteiger partial charge in [0.2, 0.25) is 5.60 Å². The van der Waals surface area contributed by atoms with Gasteiger partial charge in [0.1, 0.15) is 6.10 Å². The van der Waals surface area contributed by atoms with Crippen molar-refractivity contribution in [3.05, 3.63) is 0 Å². The number of ether oxygens (including phenoxy) is 5. The smallest absolute Gasteiger partial charge is 0.462 e. The van der Waals surface area contributed by atoms with Crippen molar-refractivity contribution in [3.8, 4) is 0 Å². The molecular weight excluding hydrogens is 1050 g/mol. The molecule has 0 spiro atoms. The SMILES string of the molecule is C.C.C.CCC(C)(C)C(=O)OC(C)(C)C(O)(C(F)(F)F)C(F)(F)F.CCC(C)(C)C(=O)OC(CC(C)C)CC(O)(C(F)(F)F)C(F)(F)F.CCC(C)(C)C(=O)OC1(C)COC(OC(=O)C(C)C)(C(F)(F)F)C1(F)F. The van der Waals surface area contributed by atoms with Crippen LogP contribution in [0.15, 0.2) is 0 Å². The molecule has 1 heterocycles. The molecule has 0 radical (unpaired) electrons. The van der Waals surface area contributed by atoms with Crippen molar-refractivity contribution >= 4 is 23.9 Å².